The molecular weight excluding hydrogens is 287 g/mol. The van der Waals surface area contributed by atoms with E-state index in [4.69, 9.17) is 27.9 Å². The number of halogens is 2. The number of rotatable bonds is 6. The minimum absolute atomic E-state index is 0.268. The highest BCUT2D eigenvalue weighted by atomic mass is 35.5. The predicted octanol–water partition coefficient (Wildman–Crippen LogP) is 2.86. The van der Waals surface area contributed by atoms with Gasteiger partial charge in [-0.2, -0.15) is 0 Å². The summed E-state index contributed by atoms with van der Waals surface area (Å²) in [4.78, 5) is 22.5. The van der Waals surface area contributed by atoms with Crippen LogP contribution in [-0.4, -0.2) is 35.6 Å². The van der Waals surface area contributed by atoms with Crippen molar-refractivity contribution in [1.82, 2.24) is 0 Å². The molecule has 4 nitrogen and oxygen atoms in total. The van der Waals surface area contributed by atoms with Gasteiger partial charge in [-0.05, 0) is 18.2 Å². The molecule has 0 N–H and O–H groups in total. The van der Waals surface area contributed by atoms with Gasteiger partial charge in [0.15, 0.2) is 0 Å². The number of alkyl halides is 2. The average molecular weight is 301 g/mol. The second-order valence-corrected chi connectivity index (χ2v) is 5.53. The van der Waals surface area contributed by atoms with Gasteiger partial charge in [0.25, 0.3) is 0 Å². The van der Waals surface area contributed by atoms with Gasteiger partial charge in [-0.1, -0.05) is 6.92 Å². The maximum Gasteiger partial charge on any atom is 0.370 e. The molecule has 7 heteroatoms. The fraction of sp³-hybridized carbons (Fsp3) is 0.800. The topological polar surface area (TPSA) is 52.6 Å². The molecule has 17 heavy (non-hydrogen) atoms. The standard InChI is InChI=1S/C10H14Cl2O4S/c1-2-17-9(14)16-6-15-8(13)7-3-10(7,4-11)5-12/h7H,2-6H2,1H3. The summed E-state index contributed by atoms with van der Waals surface area (Å²) in [7, 11) is 0. The van der Waals surface area contributed by atoms with Crippen LogP contribution < -0.4 is 0 Å². The average Bonchev–Trinajstić information content (AvgIpc) is 3.04. The minimum atomic E-state index is -0.447. The summed E-state index contributed by atoms with van der Waals surface area (Å²) >= 11 is 12.5. The first-order chi connectivity index (χ1) is 8.09. The van der Waals surface area contributed by atoms with Crippen LogP contribution in [0.3, 0.4) is 0 Å². The Balaban J connectivity index is 2.21. The molecule has 0 radical (unpaired) electrons. The first kappa shape index (κ1) is 14.9. The Bertz CT molecular complexity index is 294. The summed E-state index contributed by atoms with van der Waals surface area (Å²) in [6.07, 6.45) is 0.635. The van der Waals surface area contributed by atoms with Crippen LogP contribution in [-0.2, 0) is 14.3 Å². The van der Waals surface area contributed by atoms with Crippen molar-refractivity contribution in [2.75, 3.05) is 24.3 Å². The molecule has 0 amide bonds. The van der Waals surface area contributed by atoms with Gasteiger partial charge < -0.3 is 9.47 Å². The van der Waals surface area contributed by atoms with E-state index in [9.17, 15) is 9.59 Å². The molecule has 0 bridgehead atoms. The lowest BCUT2D eigenvalue weighted by Gasteiger charge is -2.09. The van der Waals surface area contributed by atoms with Gasteiger partial charge in [-0.15, -0.1) is 23.2 Å². The highest BCUT2D eigenvalue weighted by Gasteiger charge is 2.58. The van der Waals surface area contributed by atoms with Crippen molar-refractivity contribution in [2.45, 2.75) is 13.3 Å². The smallest absolute Gasteiger partial charge is 0.370 e. The van der Waals surface area contributed by atoms with Gasteiger partial charge in [0.1, 0.15) is 0 Å². The molecule has 1 unspecified atom stereocenters. The molecule has 0 saturated heterocycles. The van der Waals surface area contributed by atoms with E-state index in [-0.39, 0.29) is 18.1 Å². The van der Waals surface area contributed by atoms with E-state index in [2.05, 4.69) is 4.74 Å². The fourth-order valence-electron chi connectivity index (χ4n) is 1.41. The second kappa shape index (κ2) is 6.71. The molecule has 0 aliphatic heterocycles. The lowest BCUT2D eigenvalue weighted by Crippen LogP contribution is -2.18. The Kier molecular flexibility index (Phi) is 5.89. The van der Waals surface area contributed by atoms with Gasteiger partial charge in [0.05, 0.1) is 5.92 Å². The molecule has 0 aromatic carbocycles. The van der Waals surface area contributed by atoms with Gasteiger partial charge in [-0.3, -0.25) is 4.79 Å². The van der Waals surface area contributed by atoms with E-state index in [1.165, 1.54) is 0 Å². The van der Waals surface area contributed by atoms with Crippen LogP contribution in [0.5, 0.6) is 0 Å². The third-order valence-electron chi connectivity index (χ3n) is 2.65. The van der Waals surface area contributed by atoms with Gasteiger partial charge in [0.2, 0.25) is 6.79 Å². The van der Waals surface area contributed by atoms with Crippen LogP contribution in [0.25, 0.3) is 0 Å². The fourth-order valence-corrected chi connectivity index (χ4v) is 2.65. The normalized spacial score (nSPS) is 20.8. The van der Waals surface area contributed by atoms with Crippen LogP contribution in [0.2, 0.25) is 0 Å². The zero-order valence-electron chi connectivity index (χ0n) is 9.41. The van der Waals surface area contributed by atoms with Crippen molar-refractivity contribution < 1.29 is 19.1 Å². The maximum atomic E-state index is 11.5. The Labute approximate surface area is 114 Å². The number of esters is 1. The summed E-state index contributed by atoms with van der Waals surface area (Å²) in [6, 6.07) is 0. The van der Waals surface area contributed by atoms with E-state index in [0.29, 0.717) is 23.9 Å². The molecule has 1 aliphatic carbocycles. The largest absolute Gasteiger partial charge is 0.428 e. The van der Waals surface area contributed by atoms with Crippen molar-refractivity contribution in [3.05, 3.63) is 0 Å². The first-order valence-corrected chi connectivity index (χ1v) is 7.23. The molecule has 1 atom stereocenters. The zero-order chi connectivity index (χ0) is 12.9. The van der Waals surface area contributed by atoms with Crippen molar-refractivity contribution in [1.29, 1.82) is 0 Å². The minimum Gasteiger partial charge on any atom is -0.428 e. The number of thioether (sulfide) groups is 1. The first-order valence-electron chi connectivity index (χ1n) is 5.17. The Morgan fingerprint density at radius 2 is 2.00 bits per heavy atom. The summed E-state index contributed by atoms with van der Waals surface area (Å²) in [6.45, 7) is 1.49. The van der Waals surface area contributed by atoms with Crippen LogP contribution in [0, 0.1) is 11.3 Å². The third kappa shape index (κ3) is 3.93. The molecule has 0 spiro atoms. The molecule has 98 valence electrons. The molecule has 0 aromatic heterocycles. The lowest BCUT2D eigenvalue weighted by atomic mass is 10.1. The number of ether oxygens (including phenoxy) is 2. The second-order valence-electron chi connectivity index (χ2n) is 3.79. The van der Waals surface area contributed by atoms with E-state index in [0.717, 1.165) is 11.8 Å². The Hall–Kier alpha value is -0.130. The van der Waals surface area contributed by atoms with E-state index < -0.39 is 11.3 Å². The van der Waals surface area contributed by atoms with Crippen LogP contribution in [0.1, 0.15) is 13.3 Å². The molecule has 1 fully saturated rings. The molecular formula is C10H14Cl2O4S. The number of carbonyl (C=O) groups excluding carboxylic acids is 2. The molecule has 1 rings (SSSR count). The van der Waals surface area contributed by atoms with Crippen LogP contribution >= 0.6 is 35.0 Å². The molecule has 1 aliphatic rings. The quantitative estimate of drug-likeness (QED) is 0.429. The summed E-state index contributed by atoms with van der Waals surface area (Å²) < 4.78 is 9.51. The summed E-state index contributed by atoms with van der Waals surface area (Å²) in [5, 5.41) is -0.447. The molecule has 0 aromatic rings. The van der Waals surface area contributed by atoms with Gasteiger partial charge in [0, 0.05) is 22.9 Å². The molecule has 0 heterocycles. The third-order valence-corrected chi connectivity index (χ3v) is 4.35. The van der Waals surface area contributed by atoms with E-state index >= 15 is 0 Å². The Morgan fingerprint density at radius 1 is 1.35 bits per heavy atom. The number of carbonyl (C=O) groups is 2. The number of hydrogen-bond acceptors (Lipinski definition) is 5. The summed E-state index contributed by atoms with van der Waals surface area (Å²) in [5.74, 6) is 0.621. The van der Waals surface area contributed by atoms with E-state index in [1.54, 1.807) is 0 Å². The Morgan fingerprint density at radius 3 is 2.47 bits per heavy atom. The van der Waals surface area contributed by atoms with Gasteiger partial charge >= 0.3 is 11.3 Å². The van der Waals surface area contributed by atoms with Crippen LogP contribution in [0.15, 0.2) is 0 Å². The highest BCUT2D eigenvalue weighted by molar-refractivity contribution is 8.13. The summed E-state index contributed by atoms with van der Waals surface area (Å²) in [5.41, 5.74) is -0.331. The molecule has 1 saturated carbocycles. The van der Waals surface area contributed by atoms with Crippen LogP contribution in [0.4, 0.5) is 4.79 Å². The van der Waals surface area contributed by atoms with Gasteiger partial charge in [-0.25, -0.2) is 4.79 Å². The number of hydrogen-bond donors (Lipinski definition) is 0. The van der Waals surface area contributed by atoms with Crippen molar-refractivity contribution >= 4 is 46.2 Å². The van der Waals surface area contributed by atoms with Crippen molar-refractivity contribution in [3.8, 4) is 0 Å². The SMILES string of the molecule is CCSC(=O)OCOC(=O)C1CC1(CCl)CCl. The predicted molar refractivity (Wildman–Crippen MR) is 67.6 cm³/mol. The zero-order valence-corrected chi connectivity index (χ0v) is 11.7. The highest BCUT2D eigenvalue weighted by Crippen LogP contribution is 2.54. The maximum absolute atomic E-state index is 11.5. The lowest BCUT2D eigenvalue weighted by molar-refractivity contribution is -0.153. The van der Waals surface area contributed by atoms with Crippen molar-refractivity contribution in [2.24, 2.45) is 11.3 Å². The van der Waals surface area contributed by atoms with E-state index in [1.807, 2.05) is 6.92 Å². The monoisotopic (exact) mass is 300 g/mol. The van der Waals surface area contributed by atoms with Crippen molar-refractivity contribution in [3.63, 3.8) is 0 Å².